The normalized spacial score (nSPS) is 20.5. The van der Waals surface area contributed by atoms with Crippen molar-refractivity contribution in [1.82, 2.24) is 20.1 Å². The molecule has 0 spiro atoms. The Balaban J connectivity index is 1.48. The molecule has 2 atom stereocenters. The first-order valence-corrected chi connectivity index (χ1v) is 8.74. The van der Waals surface area contributed by atoms with Crippen LogP contribution in [0.4, 0.5) is 5.82 Å². The lowest BCUT2D eigenvalue weighted by atomic mass is 10.2. The maximum Gasteiger partial charge on any atom is 0.252 e. The average Bonchev–Trinajstić information content (AvgIpc) is 3.11. The molecule has 134 valence electrons. The number of carbonyl (C=O) groups excluding carboxylic acids is 1. The van der Waals surface area contributed by atoms with Gasteiger partial charge in [0.15, 0.2) is 0 Å². The summed E-state index contributed by atoms with van der Waals surface area (Å²) in [6, 6.07) is 5.63. The highest BCUT2D eigenvalue weighted by atomic mass is 16.5. The van der Waals surface area contributed by atoms with Crippen LogP contribution in [0.2, 0.25) is 0 Å². The molecule has 3 rings (SSSR count). The quantitative estimate of drug-likeness (QED) is 0.809. The number of rotatable bonds is 6. The van der Waals surface area contributed by atoms with Crippen molar-refractivity contribution < 1.29 is 9.53 Å². The van der Waals surface area contributed by atoms with Crippen molar-refractivity contribution in [1.29, 1.82) is 0 Å². The van der Waals surface area contributed by atoms with Crippen LogP contribution in [-0.2, 0) is 11.3 Å². The lowest BCUT2D eigenvalue weighted by Gasteiger charge is -2.36. The van der Waals surface area contributed by atoms with E-state index in [1.807, 2.05) is 29.1 Å². The van der Waals surface area contributed by atoms with Gasteiger partial charge in [-0.2, -0.15) is 5.10 Å². The monoisotopic (exact) mass is 343 g/mol. The van der Waals surface area contributed by atoms with Gasteiger partial charge in [0, 0.05) is 44.8 Å². The molecule has 3 heterocycles. The molecule has 0 aliphatic carbocycles. The molecule has 7 heteroatoms. The standard InChI is InChI=1S/C18H25N5O2/c1-14-12-22(13-15(2)25-14)17-6-5-16(11-20-17)18(24)19-7-3-9-23-10-4-8-21-23/h4-6,8,10-11,14-15H,3,7,9,12-13H2,1-2H3,(H,19,24)/t14-,15-/m1/s1. The SMILES string of the molecule is C[C@@H]1CN(c2ccc(C(=O)NCCCn3cccn3)cn2)C[C@@H](C)O1. The second-order valence-electron chi connectivity index (χ2n) is 6.45. The molecule has 0 unspecified atom stereocenters. The summed E-state index contributed by atoms with van der Waals surface area (Å²) in [6.45, 7) is 7.16. The molecule has 0 saturated carbocycles. The molecule has 1 aliphatic heterocycles. The molecule has 7 nitrogen and oxygen atoms in total. The van der Waals surface area contributed by atoms with Gasteiger partial charge < -0.3 is 15.0 Å². The van der Waals surface area contributed by atoms with E-state index in [1.54, 1.807) is 12.4 Å². The number of pyridine rings is 1. The lowest BCUT2D eigenvalue weighted by molar-refractivity contribution is -0.00546. The fraction of sp³-hybridized carbons (Fsp3) is 0.500. The van der Waals surface area contributed by atoms with Crippen LogP contribution in [0.1, 0.15) is 30.6 Å². The van der Waals surface area contributed by atoms with Crippen LogP contribution in [0.3, 0.4) is 0 Å². The van der Waals surface area contributed by atoms with E-state index < -0.39 is 0 Å². The third kappa shape index (κ3) is 4.79. The number of ether oxygens (including phenoxy) is 1. The van der Waals surface area contributed by atoms with E-state index in [1.165, 1.54) is 0 Å². The average molecular weight is 343 g/mol. The molecule has 0 aromatic carbocycles. The van der Waals surface area contributed by atoms with Crippen LogP contribution in [-0.4, -0.2) is 52.5 Å². The van der Waals surface area contributed by atoms with Gasteiger partial charge in [-0.15, -0.1) is 0 Å². The number of hydrogen-bond acceptors (Lipinski definition) is 5. The number of anilines is 1. The Morgan fingerprint density at radius 2 is 2.12 bits per heavy atom. The number of nitrogens with zero attached hydrogens (tertiary/aromatic N) is 4. The summed E-state index contributed by atoms with van der Waals surface area (Å²) in [4.78, 5) is 18.8. The summed E-state index contributed by atoms with van der Waals surface area (Å²) in [7, 11) is 0. The van der Waals surface area contributed by atoms with Gasteiger partial charge in [0.1, 0.15) is 5.82 Å². The van der Waals surface area contributed by atoms with Gasteiger partial charge in [-0.25, -0.2) is 4.98 Å². The molecule has 1 aliphatic rings. The van der Waals surface area contributed by atoms with Crippen molar-refractivity contribution in [2.75, 3.05) is 24.5 Å². The summed E-state index contributed by atoms with van der Waals surface area (Å²) in [5.74, 6) is 0.792. The number of morpholine rings is 1. The first-order chi connectivity index (χ1) is 12.1. The lowest BCUT2D eigenvalue weighted by Crippen LogP contribution is -2.45. The minimum absolute atomic E-state index is 0.0942. The van der Waals surface area contributed by atoms with Gasteiger partial charge in [0.05, 0.1) is 17.8 Å². The van der Waals surface area contributed by atoms with Gasteiger partial charge in [0.25, 0.3) is 5.91 Å². The maximum absolute atomic E-state index is 12.2. The van der Waals surface area contributed by atoms with Crippen LogP contribution in [0.5, 0.6) is 0 Å². The zero-order chi connectivity index (χ0) is 17.6. The summed E-state index contributed by atoms with van der Waals surface area (Å²) in [5, 5.41) is 7.06. The molecule has 1 N–H and O–H groups in total. The van der Waals surface area contributed by atoms with Gasteiger partial charge in [-0.05, 0) is 38.5 Å². The molecule has 1 amide bonds. The predicted octanol–water partition coefficient (Wildman–Crippen LogP) is 1.71. The Morgan fingerprint density at radius 1 is 1.32 bits per heavy atom. The third-order valence-electron chi connectivity index (χ3n) is 4.16. The molecule has 2 aromatic rings. The Kier molecular flexibility index (Phi) is 5.65. The smallest absolute Gasteiger partial charge is 0.252 e. The van der Waals surface area contributed by atoms with Crippen LogP contribution >= 0.6 is 0 Å². The molecule has 0 radical (unpaired) electrons. The van der Waals surface area contributed by atoms with Gasteiger partial charge >= 0.3 is 0 Å². The number of aromatic nitrogens is 3. The third-order valence-corrected chi connectivity index (χ3v) is 4.16. The Morgan fingerprint density at radius 3 is 2.76 bits per heavy atom. The van der Waals surface area contributed by atoms with Crippen molar-refractivity contribution in [3.63, 3.8) is 0 Å². The molecule has 2 aromatic heterocycles. The summed E-state index contributed by atoms with van der Waals surface area (Å²) in [5.41, 5.74) is 0.581. The summed E-state index contributed by atoms with van der Waals surface area (Å²) >= 11 is 0. The topological polar surface area (TPSA) is 72.3 Å². The van der Waals surface area contributed by atoms with E-state index in [9.17, 15) is 4.79 Å². The largest absolute Gasteiger partial charge is 0.372 e. The van der Waals surface area contributed by atoms with E-state index in [-0.39, 0.29) is 18.1 Å². The van der Waals surface area contributed by atoms with Crippen molar-refractivity contribution in [3.8, 4) is 0 Å². The van der Waals surface area contributed by atoms with E-state index >= 15 is 0 Å². The number of nitrogens with one attached hydrogen (secondary N) is 1. The van der Waals surface area contributed by atoms with Crippen LogP contribution in [0.25, 0.3) is 0 Å². The van der Waals surface area contributed by atoms with Gasteiger partial charge in [0.2, 0.25) is 0 Å². The Bertz CT molecular complexity index is 661. The van der Waals surface area contributed by atoms with E-state index in [4.69, 9.17) is 4.74 Å². The molecule has 0 bridgehead atoms. The van der Waals surface area contributed by atoms with Crippen LogP contribution in [0, 0.1) is 0 Å². The van der Waals surface area contributed by atoms with E-state index in [0.29, 0.717) is 12.1 Å². The minimum Gasteiger partial charge on any atom is -0.372 e. The van der Waals surface area contributed by atoms with E-state index in [0.717, 1.165) is 31.9 Å². The highest BCUT2D eigenvalue weighted by Gasteiger charge is 2.23. The maximum atomic E-state index is 12.2. The number of amides is 1. The van der Waals surface area contributed by atoms with Gasteiger partial charge in [-0.1, -0.05) is 0 Å². The zero-order valence-electron chi connectivity index (χ0n) is 14.8. The molecular weight excluding hydrogens is 318 g/mol. The molecule has 1 fully saturated rings. The first-order valence-electron chi connectivity index (χ1n) is 8.74. The number of aryl methyl sites for hydroxylation is 1. The molecule has 1 saturated heterocycles. The first kappa shape index (κ1) is 17.4. The van der Waals surface area contributed by atoms with Crippen LogP contribution < -0.4 is 10.2 Å². The highest BCUT2D eigenvalue weighted by Crippen LogP contribution is 2.18. The number of carbonyl (C=O) groups is 1. The Labute approximate surface area is 148 Å². The molecular formula is C18H25N5O2. The fourth-order valence-electron chi connectivity index (χ4n) is 3.05. The van der Waals surface area contributed by atoms with Crippen LogP contribution in [0.15, 0.2) is 36.8 Å². The van der Waals surface area contributed by atoms with Crippen molar-refractivity contribution >= 4 is 11.7 Å². The second kappa shape index (κ2) is 8.11. The Hall–Kier alpha value is -2.41. The minimum atomic E-state index is -0.0942. The van der Waals surface area contributed by atoms with E-state index in [2.05, 4.69) is 34.1 Å². The summed E-state index contributed by atoms with van der Waals surface area (Å²) in [6.07, 6.45) is 6.51. The second-order valence-corrected chi connectivity index (χ2v) is 6.45. The van der Waals surface area contributed by atoms with Crippen molar-refractivity contribution in [2.24, 2.45) is 0 Å². The number of hydrogen-bond donors (Lipinski definition) is 1. The van der Waals surface area contributed by atoms with Gasteiger partial charge in [-0.3, -0.25) is 9.48 Å². The fourth-order valence-corrected chi connectivity index (χ4v) is 3.05. The van der Waals surface area contributed by atoms with Crippen molar-refractivity contribution in [2.45, 2.75) is 39.0 Å². The predicted molar refractivity (Wildman–Crippen MR) is 95.6 cm³/mol. The van der Waals surface area contributed by atoms with Crippen molar-refractivity contribution in [3.05, 3.63) is 42.4 Å². The zero-order valence-corrected chi connectivity index (χ0v) is 14.8. The molecule has 25 heavy (non-hydrogen) atoms. The highest BCUT2D eigenvalue weighted by molar-refractivity contribution is 5.94. The summed E-state index contributed by atoms with van der Waals surface area (Å²) < 4.78 is 7.60.